The highest BCUT2D eigenvalue weighted by atomic mass is 35.5. The van der Waals surface area contributed by atoms with Gasteiger partial charge in [0.1, 0.15) is 5.82 Å². The molecule has 2 aromatic rings. The molecule has 0 saturated carbocycles. The molecule has 1 fully saturated rings. The van der Waals surface area contributed by atoms with Crippen molar-refractivity contribution in [3.8, 4) is 0 Å². The van der Waals surface area contributed by atoms with Crippen LogP contribution in [-0.4, -0.2) is 36.6 Å². The Balaban J connectivity index is 1.58. The normalized spacial score (nSPS) is 24.1. The van der Waals surface area contributed by atoms with Gasteiger partial charge in [-0.3, -0.25) is 4.90 Å². The van der Waals surface area contributed by atoms with Crippen molar-refractivity contribution < 1.29 is 9.18 Å². The van der Waals surface area contributed by atoms with Gasteiger partial charge < -0.3 is 10.2 Å². The lowest BCUT2D eigenvalue weighted by molar-refractivity contribution is 0.198. The lowest BCUT2D eigenvalue weighted by Gasteiger charge is -2.41. The summed E-state index contributed by atoms with van der Waals surface area (Å²) in [5, 5.41) is 3.83. The summed E-state index contributed by atoms with van der Waals surface area (Å²) in [4.78, 5) is 17.1. The van der Waals surface area contributed by atoms with Crippen molar-refractivity contribution in [1.29, 1.82) is 0 Å². The molecule has 138 valence electrons. The molecule has 0 aliphatic carbocycles. The van der Waals surface area contributed by atoms with E-state index in [9.17, 15) is 9.18 Å². The van der Waals surface area contributed by atoms with Crippen molar-refractivity contribution in [2.45, 2.75) is 18.5 Å². The molecular formula is C21H19ClFN3O. The quantitative estimate of drug-likeness (QED) is 0.842. The molecule has 27 heavy (non-hydrogen) atoms. The molecule has 3 aliphatic rings. The van der Waals surface area contributed by atoms with E-state index in [4.69, 9.17) is 11.6 Å². The number of hydrogen-bond acceptors (Lipinski definition) is 2. The van der Waals surface area contributed by atoms with Gasteiger partial charge in [0.15, 0.2) is 0 Å². The second-order valence-electron chi connectivity index (χ2n) is 7.25. The molecule has 2 amide bonds. The number of halogens is 2. The molecule has 4 nitrogen and oxygen atoms in total. The molecule has 2 atom stereocenters. The summed E-state index contributed by atoms with van der Waals surface area (Å²) in [6.07, 6.45) is 2.93. The Morgan fingerprint density at radius 1 is 1.19 bits per heavy atom. The number of urea groups is 1. The van der Waals surface area contributed by atoms with Crippen molar-refractivity contribution in [3.05, 3.63) is 70.5 Å². The fourth-order valence-electron chi connectivity index (χ4n) is 4.39. The van der Waals surface area contributed by atoms with E-state index >= 15 is 0 Å². The number of hydrogen-bond donors (Lipinski definition) is 1. The molecular weight excluding hydrogens is 365 g/mol. The van der Waals surface area contributed by atoms with Crippen LogP contribution < -0.4 is 10.2 Å². The first-order valence-corrected chi connectivity index (χ1v) is 9.57. The minimum absolute atomic E-state index is 0.0129. The highest BCUT2D eigenvalue weighted by Crippen LogP contribution is 2.44. The van der Waals surface area contributed by atoms with Crippen molar-refractivity contribution >= 4 is 28.9 Å². The van der Waals surface area contributed by atoms with E-state index in [0.717, 1.165) is 36.3 Å². The number of benzene rings is 2. The van der Waals surface area contributed by atoms with Crippen LogP contribution in [-0.2, 0) is 0 Å². The summed E-state index contributed by atoms with van der Waals surface area (Å²) in [7, 11) is 0. The molecule has 0 bridgehead atoms. The van der Waals surface area contributed by atoms with Crippen LogP contribution in [0, 0.1) is 5.82 Å². The van der Waals surface area contributed by atoms with Gasteiger partial charge in [-0.2, -0.15) is 0 Å². The second-order valence-corrected chi connectivity index (χ2v) is 7.68. The molecule has 0 spiro atoms. The van der Waals surface area contributed by atoms with Crippen LogP contribution in [0.2, 0.25) is 5.02 Å². The average molecular weight is 384 g/mol. The van der Waals surface area contributed by atoms with Gasteiger partial charge >= 0.3 is 6.03 Å². The van der Waals surface area contributed by atoms with Crippen LogP contribution >= 0.6 is 11.6 Å². The van der Waals surface area contributed by atoms with Crippen molar-refractivity contribution in [1.82, 2.24) is 10.2 Å². The third-order valence-corrected chi connectivity index (χ3v) is 5.91. The van der Waals surface area contributed by atoms with Gasteiger partial charge in [0.05, 0.1) is 17.8 Å². The fraction of sp³-hybridized carbons (Fsp3) is 0.286. The molecule has 3 heterocycles. The third kappa shape index (κ3) is 2.65. The Bertz CT molecular complexity index is 954. The van der Waals surface area contributed by atoms with Crippen molar-refractivity contribution in [2.75, 3.05) is 24.5 Å². The van der Waals surface area contributed by atoms with Gasteiger partial charge in [0.2, 0.25) is 0 Å². The van der Waals surface area contributed by atoms with Crippen molar-refractivity contribution in [3.63, 3.8) is 0 Å². The second kappa shape index (κ2) is 6.36. The maximum Gasteiger partial charge on any atom is 0.325 e. The van der Waals surface area contributed by atoms with E-state index in [1.165, 1.54) is 6.07 Å². The number of para-hydroxylation sites is 1. The fourth-order valence-corrected chi connectivity index (χ4v) is 4.56. The van der Waals surface area contributed by atoms with E-state index < -0.39 is 0 Å². The predicted molar refractivity (Wildman–Crippen MR) is 104 cm³/mol. The summed E-state index contributed by atoms with van der Waals surface area (Å²) in [6, 6.07) is 12.5. The molecule has 3 aliphatic heterocycles. The minimum atomic E-state index is -0.317. The van der Waals surface area contributed by atoms with E-state index in [1.54, 1.807) is 12.1 Å². The topological polar surface area (TPSA) is 35.6 Å². The lowest BCUT2D eigenvalue weighted by atomic mass is 9.98. The zero-order chi connectivity index (χ0) is 18.5. The summed E-state index contributed by atoms with van der Waals surface area (Å²) < 4.78 is 14.4. The van der Waals surface area contributed by atoms with Gasteiger partial charge in [-0.15, -0.1) is 0 Å². The van der Waals surface area contributed by atoms with E-state index in [-0.39, 0.29) is 23.9 Å². The van der Waals surface area contributed by atoms with Crippen LogP contribution in [0.1, 0.15) is 23.6 Å². The average Bonchev–Trinajstić information content (AvgIpc) is 3.34. The lowest BCUT2D eigenvalue weighted by Crippen LogP contribution is -2.52. The Labute approximate surface area is 162 Å². The van der Waals surface area contributed by atoms with E-state index in [1.807, 2.05) is 34.1 Å². The number of nitrogens with one attached hydrogen (secondary N) is 1. The summed E-state index contributed by atoms with van der Waals surface area (Å²) >= 11 is 6.08. The molecule has 0 aromatic heterocycles. The van der Waals surface area contributed by atoms with Gasteiger partial charge in [0.25, 0.3) is 0 Å². The molecule has 1 N–H and O–H groups in total. The Hall–Kier alpha value is -2.37. The van der Waals surface area contributed by atoms with Crippen LogP contribution in [0.15, 0.2) is 48.5 Å². The van der Waals surface area contributed by atoms with Crippen LogP contribution in [0.5, 0.6) is 0 Å². The van der Waals surface area contributed by atoms with E-state index in [0.29, 0.717) is 17.1 Å². The van der Waals surface area contributed by atoms with Crippen LogP contribution in [0.25, 0.3) is 5.57 Å². The standard InChI is InChI=1S/C21H19ClFN3O/c22-14-5-6-18(23)17(10-14)13-9-20-16-3-1-2-4-19(16)26(15-7-8-24-11-15)21(27)25(20)12-13/h1-6,9-10,15,20,24H,7-8,11-12H2/t15-,20-/m0/s1. The molecule has 2 aromatic carbocycles. The largest absolute Gasteiger partial charge is 0.325 e. The molecule has 6 heteroatoms. The maximum atomic E-state index is 14.4. The summed E-state index contributed by atoms with van der Waals surface area (Å²) in [5.74, 6) is -0.317. The molecule has 0 radical (unpaired) electrons. The SMILES string of the molecule is O=C1N2CC(c3cc(Cl)ccc3F)=C[C@H]2c2ccccc2N1[C@H]1CCNC1. The Morgan fingerprint density at radius 2 is 2.04 bits per heavy atom. The van der Waals surface area contributed by atoms with Crippen LogP contribution in [0.4, 0.5) is 14.9 Å². The van der Waals surface area contributed by atoms with Gasteiger partial charge in [-0.05, 0) is 42.8 Å². The zero-order valence-electron chi connectivity index (χ0n) is 14.7. The highest BCUT2D eigenvalue weighted by Gasteiger charge is 2.43. The first-order chi connectivity index (χ1) is 13.1. The third-order valence-electron chi connectivity index (χ3n) is 5.68. The summed E-state index contributed by atoms with van der Waals surface area (Å²) in [6.45, 7) is 2.09. The number of anilines is 1. The van der Waals surface area contributed by atoms with E-state index in [2.05, 4.69) is 11.4 Å². The van der Waals surface area contributed by atoms with Gasteiger partial charge in [-0.25, -0.2) is 9.18 Å². The number of rotatable bonds is 2. The number of nitrogens with zero attached hydrogens (tertiary/aromatic N) is 2. The number of carbonyl (C=O) groups excluding carboxylic acids is 1. The van der Waals surface area contributed by atoms with Crippen molar-refractivity contribution in [2.24, 2.45) is 0 Å². The number of amides is 2. The molecule has 0 unspecified atom stereocenters. The smallest absolute Gasteiger partial charge is 0.315 e. The Morgan fingerprint density at radius 3 is 2.85 bits per heavy atom. The maximum absolute atomic E-state index is 14.4. The van der Waals surface area contributed by atoms with Gasteiger partial charge in [0, 0.05) is 29.2 Å². The highest BCUT2D eigenvalue weighted by molar-refractivity contribution is 6.30. The molecule has 1 saturated heterocycles. The van der Waals surface area contributed by atoms with Gasteiger partial charge in [-0.1, -0.05) is 35.9 Å². The minimum Gasteiger partial charge on any atom is -0.315 e. The predicted octanol–water partition coefficient (Wildman–Crippen LogP) is 4.22. The first kappa shape index (κ1) is 16.8. The summed E-state index contributed by atoms with van der Waals surface area (Å²) in [5.41, 5.74) is 3.31. The molecule has 5 rings (SSSR count). The number of fused-ring (bicyclic) bond motifs is 3. The first-order valence-electron chi connectivity index (χ1n) is 9.19. The monoisotopic (exact) mass is 383 g/mol. The number of carbonyl (C=O) groups is 1. The van der Waals surface area contributed by atoms with Crippen LogP contribution in [0.3, 0.4) is 0 Å². The Kier molecular flexibility index (Phi) is 3.95. The zero-order valence-corrected chi connectivity index (χ0v) is 15.4.